The molecule has 1 unspecified atom stereocenters. The van der Waals surface area contributed by atoms with Gasteiger partial charge in [-0.15, -0.1) is 0 Å². The van der Waals surface area contributed by atoms with Gasteiger partial charge >= 0.3 is 0 Å². The van der Waals surface area contributed by atoms with Crippen molar-refractivity contribution in [3.8, 4) is 0 Å². The first-order valence-electron chi connectivity index (χ1n) is 4.11. The Hall–Kier alpha value is 0.400. The lowest BCUT2D eigenvalue weighted by atomic mass is 10.3. The van der Waals surface area contributed by atoms with E-state index in [0.717, 1.165) is 11.9 Å². The Labute approximate surface area is 78.5 Å². The number of nitrogens with one attached hydrogen (secondary N) is 1. The molecule has 0 radical (unpaired) electrons. The Morgan fingerprint density at radius 3 is 2.55 bits per heavy atom. The summed E-state index contributed by atoms with van der Waals surface area (Å²) in [7, 11) is 4.21. The quantitative estimate of drug-likeness (QED) is 0.539. The summed E-state index contributed by atoms with van der Waals surface area (Å²) in [4.78, 5) is 2.21. The zero-order valence-corrected chi connectivity index (χ0v) is 9.32. The zero-order chi connectivity index (χ0) is 8.69. The van der Waals surface area contributed by atoms with Crippen LogP contribution in [0.2, 0.25) is 0 Å². The Balaban J connectivity index is 3.01. The highest BCUT2D eigenvalue weighted by Crippen LogP contribution is 1.89. The number of nitrogens with zero attached hydrogens (tertiary/aromatic N) is 1. The van der Waals surface area contributed by atoms with Crippen LogP contribution in [0.4, 0.5) is 0 Å². The van der Waals surface area contributed by atoms with Gasteiger partial charge in [0, 0.05) is 11.4 Å². The predicted octanol–water partition coefficient (Wildman–Crippen LogP) is 1.31. The van der Waals surface area contributed by atoms with Crippen molar-refractivity contribution in [1.82, 2.24) is 10.2 Å². The van der Waals surface area contributed by atoms with Crippen LogP contribution in [0.15, 0.2) is 0 Å². The minimum atomic E-state index is 0.595. The van der Waals surface area contributed by atoms with Gasteiger partial charge in [-0.25, -0.2) is 0 Å². The summed E-state index contributed by atoms with van der Waals surface area (Å²) in [6, 6.07) is 0.595. The first-order chi connectivity index (χ1) is 5.16. The highest BCUT2D eigenvalue weighted by atomic mass is 79.9. The molecule has 0 aromatic rings. The summed E-state index contributed by atoms with van der Waals surface area (Å²) in [5.74, 6) is 0. The van der Waals surface area contributed by atoms with E-state index in [2.05, 4.69) is 47.2 Å². The second-order valence-corrected chi connectivity index (χ2v) is 3.81. The van der Waals surface area contributed by atoms with E-state index >= 15 is 0 Å². The summed E-state index contributed by atoms with van der Waals surface area (Å²) >= 11 is 3.42. The average molecular weight is 223 g/mol. The van der Waals surface area contributed by atoms with Crippen molar-refractivity contribution in [2.24, 2.45) is 0 Å². The first-order valence-corrected chi connectivity index (χ1v) is 5.23. The standard InChI is InChI=1S/C8H19BrN2/c1-8(7-9)10-5-4-6-11(2)3/h8,10H,4-7H2,1-3H3. The highest BCUT2D eigenvalue weighted by molar-refractivity contribution is 9.09. The third-order valence-electron chi connectivity index (χ3n) is 1.51. The molecule has 0 spiro atoms. The van der Waals surface area contributed by atoms with Gasteiger partial charge in [0.25, 0.3) is 0 Å². The molecule has 68 valence electrons. The maximum atomic E-state index is 3.42. The smallest absolute Gasteiger partial charge is 0.0183 e. The normalized spacial score (nSPS) is 13.9. The molecule has 0 aliphatic carbocycles. The molecule has 11 heavy (non-hydrogen) atoms. The van der Waals surface area contributed by atoms with Crippen LogP contribution in [0.1, 0.15) is 13.3 Å². The number of halogens is 1. The van der Waals surface area contributed by atoms with Crippen LogP contribution in [0.25, 0.3) is 0 Å². The van der Waals surface area contributed by atoms with Crippen molar-refractivity contribution in [2.45, 2.75) is 19.4 Å². The predicted molar refractivity (Wildman–Crippen MR) is 54.4 cm³/mol. The van der Waals surface area contributed by atoms with Gasteiger partial charge in [-0.2, -0.15) is 0 Å². The van der Waals surface area contributed by atoms with Gasteiger partial charge in [0.2, 0.25) is 0 Å². The van der Waals surface area contributed by atoms with E-state index in [4.69, 9.17) is 0 Å². The summed E-state index contributed by atoms with van der Waals surface area (Å²) in [6.45, 7) is 4.47. The minimum Gasteiger partial charge on any atom is -0.313 e. The van der Waals surface area contributed by atoms with Crippen molar-refractivity contribution >= 4 is 15.9 Å². The van der Waals surface area contributed by atoms with Gasteiger partial charge in [-0.1, -0.05) is 15.9 Å². The van der Waals surface area contributed by atoms with Gasteiger partial charge in [0.1, 0.15) is 0 Å². The molecular formula is C8H19BrN2. The van der Waals surface area contributed by atoms with Crippen LogP contribution in [0.3, 0.4) is 0 Å². The minimum absolute atomic E-state index is 0.595. The number of rotatable bonds is 6. The molecule has 1 atom stereocenters. The zero-order valence-electron chi connectivity index (χ0n) is 7.73. The fourth-order valence-electron chi connectivity index (χ4n) is 0.798. The van der Waals surface area contributed by atoms with E-state index in [-0.39, 0.29) is 0 Å². The monoisotopic (exact) mass is 222 g/mol. The fourth-order valence-corrected chi connectivity index (χ4v) is 1.03. The lowest BCUT2D eigenvalue weighted by Crippen LogP contribution is -2.30. The average Bonchev–Trinajstić information content (AvgIpc) is 1.97. The summed E-state index contributed by atoms with van der Waals surface area (Å²) in [6.07, 6.45) is 1.23. The maximum Gasteiger partial charge on any atom is 0.0183 e. The second kappa shape index (κ2) is 7.07. The number of hydrogen-bond donors (Lipinski definition) is 1. The molecule has 3 heteroatoms. The largest absolute Gasteiger partial charge is 0.313 e. The van der Waals surface area contributed by atoms with E-state index in [0.29, 0.717) is 6.04 Å². The molecule has 2 nitrogen and oxygen atoms in total. The fraction of sp³-hybridized carbons (Fsp3) is 1.00. The van der Waals surface area contributed by atoms with Crippen molar-refractivity contribution < 1.29 is 0 Å². The summed E-state index contributed by atoms with van der Waals surface area (Å²) < 4.78 is 0. The van der Waals surface area contributed by atoms with Gasteiger partial charge < -0.3 is 10.2 Å². The lowest BCUT2D eigenvalue weighted by Gasteiger charge is -2.12. The third-order valence-corrected chi connectivity index (χ3v) is 2.48. The molecule has 0 aliphatic heterocycles. The Bertz CT molecular complexity index is 86.2. The van der Waals surface area contributed by atoms with Crippen molar-refractivity contribution in [1.29, 1.82) is 0 Å². The van der Waals surface area contributed by atoms with Gasteiger partial charge in [0.15, 0.2) is 0 Å². The van der Waals surface area contributed by atoms with Crippen LogP contribution in [0, 0.1) is 0 Å². The first kappa shape index (κ1) is 11.4. The number of alkyl halides is 1. The van der Waals surface area contributed by atoms with Crippen LogP contribution in [-0.4, -0.2) is 43.5 Å². The Kier molecular flexibility index (Phi) is 7.33. The topological polar surface area (TPSA) is 15.3 Å². The van der Waals surface area contributed by atoms with Crippen molar-refractivity contribution in [3.63, 3.8) is 0 Å². The molecular weight excluding hydrogens is 204 g/mol. The Morgan fingerprint density at radius 1 is 1.45 bits per heavy atom. The van der Waals surface area contributed by atoms with E-state index in [1.807, 2.05) is 0 Å². The molecule has 0 aliphatic rings. The van der Waals surface area contributed by atoms with Crippen molar-refractivity contribution in [3.05, 3.63) is 0 Å². The molecule has 0 bridgehead atoms. The van der Waals surface area contributed by atoms with E-state index in [9.17, 15) is 0 Å². The maximum absolute atomic E-state index is 3.42. The van der Waals surface area contributed by atoms with Gasteiger partial charge in [-0.3, -0.25) is 0 Å². The second-order valence-electron chi connectivity index (χ2n) is 3.17. The molecule has 0 saturated carbocycles. The molecule has 1 N–H and O–H groups in total. The molecule has 0 rings (SSSR count). The molecule has 0 amide bonds. The SMILES string of the molecule is CC(CBr)NCCCN(C)C. The van der Waals surface area contributed by atoms with E-state index in [1.165, 1.54) is 13.0 Å². The number of hydrogen-bond acceptors (Lipinski definition) is 2. The summed E-state index contributed by atoms with van der Waals surface area (Å²) in [5.41, 5.74) is 0. The molecule has 0 aromatic heterocycles. The van der Waals surface area contributed by atoms with E-state index < -0.39 is 0 Å². The van der Waals surface area contributed by atoms with E-state index in [1.54, 1.807) is 0 Å². The van der Waals surface area contributed by atoms with Gasteiger partial charge in [-0.05, 0) is 40.5 Å². The molecule has 0 fully saturated rings. The third kappa shape index (κ3) is 8.30. The Morgan fingerprint density at radius 2 is 2.09 bits per heavy atom. The highest BCUT2D eigenvalue weighted by Gasteiger charge is 1.96. The van der Waals surface area contributed by atoms with Crippen LogP contribution < -0.4 is 5.32 Å². The van der Waals surface area contributed by atoms with Crippen LogP contribution in [0.5, 0.6) is 0 Å². The van der Waals surface area contributed by atoms with Crippen LogP contribution in [-0.2, 0) is 0 Å². The van der Waals surface area contributed by atoms with Crippen LogP contribution >= 0.6 is 15.9 Å². The lowest BCUT2D eigenvalue weighted by molar-refractivity contribution is 0.391. The van der Waals surface area contributed by atoms with Crippen molar-refractivity contribution in [2.75, 3.05) is 32.5 Å². The molecule has 0 aromatic carbocycles. The molecule has 0 saturated heterocycles. The summed E-state index contributed by atoms with van der Waals surface area (Å²) in [5, 5.41) is 4.45. The van der Waals surface area contributed by atoms with Gasteiger partial charge in [0.05, 0.1) is 0 Å². The molecule has 0 heterocycles.